The molecule has 1 rings (SSSR count). The molecule has 1 atom stereocenters. The van der Waals surface area contributed by atoms with Gasteiger partial charge in [0.2, 0.25) is 0 Å². The molecule has 0 amide bonds. The summed E-state index contributed by atoms with van der Waals surface area (Å²) in [6.45, 7) is 6.64. The summed E-state index contributed by atoms with van der Waals surface area (Å²) in [6.07, 6.45) is 1.49. The van der Waals surface area contributed by atoms with Crippen molar-refractivity contribution in [2.75, 3.05) is 18.1 Å². The lowest BCUT2D eigenvalue weighted by atomic mass is 9.98. The van der Waals surface area contributed by atoms with E-state index in [1.807, 2.05) is 25.1 Å². The molecule has 114 valence electrons. The van der Waals surface area contributed by atoms with Crippen LogP contribution >= 0.6 is 11.6 Å². The quantitative estimate of drug-likeness (QED) is 0.798. The van der Waals surface area contributed by atoms with Crippen LogP contribution in [0.1, 0.15) is 43.9 Å². The standard InChI is InChI=1S/C15H24ClNO2S/c1-4-17-15(7-6-10-20(18,19)5-2)14-9-8-13(16)11-12(14)3/h8-9,11,15,17H,4-7,10H2,1-3H3. The first-order chi connectivity index (χ1) is 9.39. The van der Waals surface area contributed by atoms with Crippen LogP contribution in [0.2, 0.25) is 5.02 Å². The summed E-state index contributed by atoms with van der Waals surface area (Å²) >= 11 is 5.98. The second kappa shape index (κ2) is 8.01. The van der Waals surface area contributed by atoms with E-state index in [1.165, 1.54) is 5.56 Å². The van der Waals surface area contributed by atoms with E-state index in [9.17, 15) is 8.42 Å². The van der Waals surface area contributed by atoms with E-state index < -0.39 is 9.84 Å². The molecule has 0 radical (unpaired) electrons. The predicted molar refractivity (Wildman–Crippen MR) is 86.2 cm³/mol. The highest BCUT2D eigenvalue weighted by Crippen LogP contribution is 2.25. The van der Waals surface area contributed by atoms with E-state index in [1.54, 1.807) is 6.92 Å². The molecule has 0 spiro atoms. The number of rotatable bonds is 8. The Morgan fingerprint density at radius 1 is 1.30 bits per heavy atom. The van der Waals surface area contributed by atoms with Gasteiger partial charge in [0, 0.05) is 16.8 Å². The summed E-state index contributed by atoms with van der Waals surface area (Å²) < 4.78 is 23.1. The molecule has 0 saturated carbocycles. The van der Waals surface area contributed by atoms with Gasteiger partial charge in [0.1, 0.15) is 9.84 Å². The maximum atomic E-state index is 11.5. The van der Waals surface area contributed by atoms with E-state index in [0.717, 1.165) is 23.6 Å². The Labute approximate surface area is 127 Å². The zero-order chi connectivity index (χ0) is 15.2. The van der Waals surface area contributed by atoms with Gasteiger partial charge in [-0.1, -0.05) is 31.5 Å². The second-order valence-corrected chi connectivity index (χ2v) is 7.90. The van der Waals surface area contributed by atoms with Crippen molar-refractivity contribution in [1.29, 1.82) is 0 Å². The van der Waals surface area contributed by atoms with Crippen molar-refractivity contribution in [2.24, 2.45) is 0 Å². The highest BCUT2D eigenvalue weighted by Gasteiger charge is 2.15. The molecule has 0 aliphatic carbocycles. The minimum atomic E-state index is -2.88. The van der Waals surface area contributed by atoms with Gasteiger partial charge in [0.15, 0.2) is 0 Å². The minimum absolute atomic E-state index is 0.185. The van der Waals surface area contributed by atoms with E-state index in [-0.39, 0.29) is 17.5 Å². The molecule has 5 heteroatoms. The van der Waals surface area contributed by atoms with Crippen LogP contribution in [-0.2, 0) is 9.84 Å². The number of nitrogens with one attached hydrogen (secondary N) is 1. The van der Waals surface area contributed by atoms with Crippen LogP contribution in [0, 0.1) is 6.92 Å². The average Bonchev–Trinajstić information content (AvgIpc) is 2.38. The molecule has 20 heavy (non-hydrogen) atoms. The van der Waals surface area contributed by atoms with Gasteiger partial charge in [-0.25, -0.2) is 8.42 Å². The zero-order valence-corrected chi connectivity index (χ0v) is 14.0. The normalized spacial score (nSPS) is 13.4. The zero-order valence-electron chi connectivity index (χ0n) is 12.4. The van der Waals surface area contributed by atoms with Gasteiger partial charge in [0.25, 0.3) is 0 Å². The van der Waals surface area contributed by atoms with Crippen molar-refractivity contribution >= 4 is 21.4 Å². The van der Waals surface area contributed by atoms with Gasteiger partial charge in [-0.15, -0.1) is 0 Å². The molecule has 0 saturated heterocycles. The summed E-state index contributed by atoms with van der Waals surface area (Å²) in [5, 5.41) is 4.16. The maximum Gasteiger partial charge on any atom is 0.150 e. The van der Waals surface area contributed by atoms with Crippen molar-refractivity contribution < 1.29 is 8.42 Å². The lowest BCUT2D eigenvalue weighted by molar-refractivity contribution is 0.505. The summed E-state index contributed by atoms with van der Waals surface area (Å²) in [7, 11) is -2.88. The predicted octanol–water partition coefficient (Wildman–Crippen LogP) is 3.51. The van der Waals surface area contributed by atoms with Gasteiger partial charge in [0.05, 0.1) is 5.75 Å². The van der Waals surface area contributed by atoms with Crippen molar-refractivity contribution in [3.05, 3.63) is 34.3 Å². The van der Waals surface area contributed by atoms with Crippen LogP contribution in [0.15, 0.2) is 18.2 Å². The van der Waals surface area contributed by atoms with Crippen LogP contribution in [0.5, 0.6) is 0 Å². The Kier molecular flexibility index (Phi) is 7.00. The number of hydrogen-bond donors (Lipinski definition) is 1. The molecule has 1 aromatic carbocycles. The van der Waals surface area contributed by atoms with Gasteiger partial charge in [-0.3, -0.25) is 0 Å². The van der Waals surface area contributed by atoms with Crippen LogP contribution in [0.4, 0.5) is 0 Å². The topological polar surface area (TPSA) is 46.2 Å². The van der Waals surface area contributed by atoms with Crippen molar-refractivity contribution in [2.45, 2.75) is 39.7 Å². The Morgan fingerprint density at radius 2 is 2.00 bits per heavy atom. The van der Waals surface area contributed by atoms with Gasteiger partial charge >= 0.3 is 0 Å². The molecule has 0 heterocycles. The lowest BCUT2D eigenvalue weighted by Gasteiger charge is -2.20. The number of benzene rings is 1. The molecule has 0 fully saturated rings. The molecule has 1 unspecified atom stereocenters. The van der Waals surface area contributed by atoms with E-state index in [0.29, 0.717) is 6.42 Å². The summed E-state index contributed by atoms with van der Waals surface area (Å²) in [4.78, 5) is 0. The molecule has 1 N–H and O–H groups in total. The molecular formula is C15H24ClNO2S. The highest BCUT2D eigenvalue weighted by molar-refractivity contribution is 7.91. The third-order valence-corrected chi connectivity index (χ3v) is 5.47. The van der Waals surface area contributed by atoms with Crippen molar-refractivity contribution in [3.63, 3.8) is 0 Å². The number of halogens is 1. The van der Waals surface area contributed by atoms with Crippen molar-refractivity contribution in [3.8, 4) is 0 Å². The molecule has 1 aromatic rings. The monoisotopic (exact) mass is 317 g/mol. The molecule has 0 bridgehead atoms. The minimum Gasteiger partial charge on any atom is -0.310 e. The lowest BCUT2D eigenvalue weighted by Crippen LogP contribution is -2.22. The first-order valence-electron chi connectivity index (χ1n) is 7.09. The number of hydrogen-bond acceptors (Lipinski definition) is 3. The first kappa shape index (κ1) is 17.5. The summed E-state index contributed by atoms with van der Waals surface area (Å²) in [6, 6.07) is 6.05. The van der Waals surface area contributed by atoms with Crippen LogP contribution in [-0.4, -0.2) is 26.5 Å². The number of aryl methyl sites for hydroxylation is 1. The largest absolute Gasteiger partial charge is 0.310 e. The molecule has 3 nitrogen and oxygen atoms in total. The molecule has 0 aliphatic heterocycles. The average molecular weight is 318 g/mol. The van der Waals surface area contributed by atoms with Crippen LogP contribution < -0.4 is 5.32 Å². The second-order valence-electron chi connectivity index (χ2n) is 4.99. The fourth-order valence-electron chi connectivity index (χ4n) is 2.30. The Morgan fingerprint density at radius 3 is 2.55 bits per heavy atom. The van der Waals surface area contributed by atoms with E-state index in [2.05, 4.69) is 12.2 Å². The Hall–Kier alpha value is -0.580. The SMILES string of the molecule is CCNC(CCCS(=O)(=O)CC)c1ccc(Cl)cc1C. The summed E-state index contributed by atoms with van der Waals surface area (Å²) in [5.74, 6) is 0.483. The maximum absolute atomic E-state index is 11.5. The first-order valence-corrected chi connectivity index (χ1v) is 9.29. The Bertz CT molecular complexity index is 529. The van der Waals surface area contributed by atoms with Crippen LogP contribution in [0.25, 0.3) is 0 Å². The third kappa shape index (κ3) is 5.43. The number of sulfone groups is 1. The van der Waals surface area contributed by atoms with Gasteiger partial charge in [-0.05, 0) is 49.6 Å². The van der Waals surface area contributed by atoms with E-state index >= 15 is 0 Å². The molecule has 0 aromatic heterocycles. The van der Waals surface area contributed by atoms with Crippen LogP contribution in [0.3, 0.4) is 0 Å². The highest BCUT2D eigenvalue weighted by atomic mass is 35.5. The Balaban J connectivity index is 2.74. The van der Waals surface area contributed by atoms with E-state index in [4.69, 9.17) is 11.6 Å². The van der Waals surface area contributed by atoms with Crippen molar-refractivity contribution in [1.82, 2.24) is 5.32 Å². The van der Waals surface area contributed by atoms with Gasteiger partial charge < -0.3 is 5.32 Å². The summed E-state index contributed by atoms with van der Waals surface area (Å²) in [5.41, 5.74) is 2.34. The molecule has 0 aliphatic rings. The fourth-order valence-corrected chi connectivity index (χ4v) is 3.42. The fraction of sp³-hybridized carbons (Fsp3) is 0.600. The molecular weight excluding hydrogens is 294 g/mol. The smallest absolute Gasteiger partial charge is 0.150 e. The van der Waals surface area contributed by atoms with Gasteiger partial charge in [-0.2, -0.15) is 0 Å². The third-order valence-electron chi connectivity index (χ3n) is 3.45.